The summed E-state index contributed by atoms with van der Waals surface area (Å²) < 4.78 is 21.3. The molecule has 0 bridgehead atoms. The first kappa shape index (κ1) is 21.9. The van der Waals surface area contributed by atoms with Crippen molar-refractivity contribution in [3.05, 3.63) is 47.5 Å². The van der Waals surface area contributed by atoms with E-state index >= 15 is 0 Å². The van der Waals surface area contributed by atoms with Crippen LogP contribution in [0.15, 0.2) is 41.4 Å². The lowest BCUT2D eigenvalue weighted by atomic mass is 10.0. The van der Waals surface area contributed by atoms with Crippen molar-refractivity contribution in [2.24, 2.45) is 4.99 Å². The van der Waals surface area contributed by atoms with Gasteiger partial charge in [0.15, 0.2) is 11.5 Å². The summed E-state index contributed by atoms with van der Waals surface area (Å²) in [7, 11) is 4.41. The molecule has 1 atom stereocenters. The molecule has 0 radical (unpaired) electrons. The molecule has 0 saturated carbocycles. The number of hydrogen-bond acceptors (Lipinski definition) is 7. The third-order valence-electron chi connectivity index (χ3n) is 4.66. The molecule has 2 aromatic carbocycles. The predicted octanol–water partition coefficient (Wildman–Crippen LogP) is 2.46. The molecule has 0 aliphatic carbocycles. The van der Waals surface area contributed by atoms with Crippen LogP contribution in [0, 0.1) is 0 Å². The minimum Gasteiger partial charge on any atom is -0.494 e. The Morgan fingerprint density at radius 2 is 1.74 bits per heavy atom. The zero-order valence-electron chi connectivity index (χ0n) is 17.9. The number of methoxy groups -OCH3 is 3. The van der Waals surface area contributed by atoms with Crippen molar-refractivity contribution < 1.29 is 28.5 Å². The first-order chi connectivity index (χ1) is 15.0. The van der Waals surface area contributed by atoms with Crippen LogP contribution in [0.5, 0.6) is 23.0 Å². The lowest BCUT2D eigenvalue weighted by molar-refractivity contribution is -0.120. The summed E-state index contributed by atoms with van der Waals surface area (Å²) >= 11 is 0. The highest BCUT2D eigenvalue weighted by molar-refractivity contribution is 6.11. The van der Waals surface area contributed by atoms with E-state index in [0.717, 1.165) is 11.3 Å². The van der Waals surface area contributed by atoms with Gasteiger partial charge in [0.05, 0.1) is 40.4 Å². The van der Waals surface area contributed by atoms with Gasteiger partial charge in [-0.2, -0.15) is 0 Å². The summed E-state index contributed by atoms with van der Waals surface area (Å²) in [5.41, 5.74) is 1.10. The van der Waals surface area contributed by atoms with Gasteiger partial charge in [0, 0.05) is 5.56 Å². The van der Waals surface area contributed by atoms with Crippen LogP contribution >= 0.6 is 0 Å². The second kappa shape index (κ2) is 9.84. The minimum atomic E-state index is -0.481. The fourth-order valence-electron chi connectivity index (χ4n) is 3.19. The van der Waals surface area contributed by atoms with Gasteiger partial charge in [-0.15, -0.1) is 0 Å². The first-order valence-electron chi connectivity index (χ1n) is 9.70. The van der Waals surface area contributed by atoms with Gasteiger partial charge in [-0.1, -0.05) is 12.1 Å². The summed E-state index contributed by atoms with van der Waals surface area (Å²) in [6.45, 7) is 2.48. The minimum absolute atomic E-state index is 0.0777. The van der Waals surface area contributed by atoms with Crippen molar-refractivity contribution in [3.63, 3.8) is 0 Å². The van der Waals surface area contributed by atoms with E-state index in [4.69, 9.17) is 18.9 Å². The van der Waals surface area contributed by atoms with Crippen LogP contribution in [0.2, 0.25) is 0 Å². The molecule has 0 fully saturated rings. The summed E-state index contributed by atoms with van der Waals surface area (Å²) in [4.78, 5) is 29.5. The number of rotatable bonds is 7. The van der Waals surface area contributed by atoms with Crippen LogP contribution in [-0.4, -0.2) is 45.7 Å². The van der Waals surface area contributed by atoms with Crippen LogP contribution in [0.25, 0.3) is 0 Å². The van der Waals surface area contributed by atoms with Crippen molar-refractivity contribution in [3.8, 4) is 23.0 Å². The van der Waals surface area contributed by atoms with E-state index in [0.29, 0.717) is 23.9 Å². The molecule has 31 heavy (non-hydrogen) atoms. The maximum Gasteiger partial charge on any atom is 0.258 e. The van der Waals surface area contributed by atoms with Crippen LogP contribution in [0.4, 0.5) is 0 Å². The fourth-order valence-corrected chi connectivity index (χ4v) is 3.19. The number of nitrogens with one attached hydrogen (secondary N) is 2. The molecular formula is C22H25N3O6. The van der Waals surface area contributed by atoms with Crippen LogP contribution < -0.4 is 29.6 Å². The van der Waals surface area contributed by atoms with Gasteiger partial charge in [-0.05, 0) is 36.8 Å². The Balaban J connectivity index is 1.82. The van der Waals surface area contributed by atoms with E-state index in [9.17, 15) is 9.59 Å². The monoisotopic (exact) mass is 427 g/mol. The van der Waals surface area contributed by atoms with E-state index in [1.165, 1.54) is 33.5 Å². The predicted molar refractivity (Wildman–Crippen MR) is 114 cm³/mol. The molecule has 1 aliphatic heterocycles. The lowest BCUT2D eigenvalue weighted by Gasteiger charge is -2.22. The van der Waals surface area contributed by atoms with E-state index in [1.807, 2.05) is 31.2 Å². The van der Waals surface area contributed by atoms with Gasteiger partial charge >= 0.3 is 0 Å². The molecule has 1 aliphatic rings. The number of carbonyl (C=O) groups excluding carboxylic acids is 2. The Labute approximate surface area is 180 Å². The topological polar surface area (TPSA) is 107 Å². The third kappa shape index (κ3) is 5.06. The second-order valence-corrected chi connectivity index (χ2v) is 6.62. The molecule has 2 amide bonds. The van der Waals surface area contributed by atoms with E-state index in [2.05, 4.69) is 15.6 Å². The Kier molecular flexibility index (Phi) is 6.96. The first-order valence-corrected chi connectivity index (χ1v) is 9.70. The molecule has 9 nitrogen and oxygen atoms in total. The average Bonchev–Trinajstić information content (AvgIpc) is 2.78. The maximum atomic E-state index is 12.8. The number of ether oxygens (including phenoxy) is 4. The van der Waals surface area contributed by atoms with Gasteiger partial charge in [0.25, 0.3) is 5.91 Å². The Bertz CT molecular complexity index is 962. The number of nitrogens with zero attached hydrogens (tertiary/aromatic N) is 1. The van der Waals surface area contributed by atoms with Gasteiger partial charge < -0.3 is 18.9 Å². The van der Waals surface area contributed by atoms with E-state index in [1.54, 1.807) is 0 Å². The Morgan fingerprint density at radius 1 is 1.10 bits per heavy atom. The molecule has 0 aromatic heterocycles. The normalized spacial score (nSPS) is 15.4. The number of amides is 2. The molecule has 2 N–H and O–H groups in total. The average molecular weight is 427 g/mol. The number of hydrogen-bond donors (Lipinski definition) is 2. The number of carbonyl (C=O) groups is 2. The van der Waals surface area contributed by atoms with Crippen molar-refractivity contribution in [2.45, 2.75) is 19.4 Å². The summed E-state index contributed by atoms with van der Waals surface area (Å²) in [5.74, 6) is 1.16. The van der Waals surface area contributed by atoms with E-state index < -0.39 is 11.9 Å². The molecule has 1 unspecified atom stereocenters. The summed E-state index contributed by atoms with van der Waals surface area (Å²) in [6.07, 6.45) is 0.178. The maximum absolute atomic E-state index is 12.8. The summed E-state index contributed by atoms with van der Waals surface area (Å²) in [6, 6.07) is 9.99. The SMILES string of the molecule is CCOc1ccc(C2CC(=O)NC(NC(=O)c3cc(OC)c(OC)c(OC)c3)=N2)cc1. The number of aliphatic imine (C=N–C) groups is 1. The van der Waals surface area contributed by atoms with Gasteiger partial charge in [0.2, 0.25) is 17.6 Å². The molecular weight excluding hydrogens is 402 g/mol. The molecule has 0 spiro atoms. The molecule has 9 heteroatoms. The molecule has 1 heterocycles. The van der Waals surface area contributed by atoms with Crippen LogP contribution in [0.3, 0.4) is 0 Å². The Hall–Kier alpha value is -3.75. The molecule has 2 aromatic rings. The van der Waals surface area contributed by atoms with Gasteiger partial charge in [-0.25, -0.2) is 4.99 Å². The fraction of sp³-hybridized carbons (Fsp3) is 0.318. The summed E-state index contributed by atoms with van der Waals surface area (Å²) in [5, 5.41) is 5.24. The van der Waals surface area contributed by atoms with Crippen LogP contribution in [-0.2, 0) is 4.79 Å². The zero-order valence-corrected chi connectivity index (χ0v) is 17.9. The second-order valence-electron chi connectivity index (χ2n) is 6.62. The third-order valence-corrected chi connectivity index (χ3v) is 4.66. The van der Waals surface area contributed by atoms with E-state index in [-0.39, 0.29) is 23.9 Å². The highest BCUT2D eigenvalue weighted by Gasteiger charge is 2.25. The highest BCUT2D eigenvalue weighted by Crippen LogP contribution is 2.38. The molecule has 0 saturated heterocycles. The Morgan fingerprint density at radius 3 is 2.29 bits per heavy atom. The van der Waals surface area contributed by atoms with Crippen molar-refractivity contribution in [1.29, 1.82) is 0 Å². The highest BCUT2D eigenvalue weighted by atomic mass is 16.5. The van der Waals surface area contributed by atoms with Gasteiger partial charge in [0.1, 0.15) is 5.75 Å². The smallest absolute Gasteiger partial charge is 0.258 e. The quantitative estimate of drug-likeness (QED) is 0.703. The number of benzene rings is 2. The largest absolute Gasteiger partial charge is 0.494 e. The van der Waals surface area contributed by atoms with Crippen molar-refractivity contribution >= 4 is 17.8 Å². The molecule has 164 valence electrons. The zero-order chi connectivity index (χ0) is 22.4. The number of guanidine groups is 1. The standard InChI is InChI=1S/C22H25N3O6/c1-5-31-15-8-6-13(7-9-15)16-12-19(26)24-22(23-16)25-21(27)14-10-17(28-2)20(30-4)18(11-14)29-3/h6-11,16H,5,12H2,1-4H3,(H2,23,24,25,26,27). The lowest BCUT2D eigenvalue weighted by Crippen LogP contribution is -2.47. The van der Waals surface area contributed by atoms with Crippen molar-refractivity contribution in [2.75, 3.05) is 27.9 Å². The molecule has 3 rings (SSSR count). The van der Waals surface area contributed by atoms with Crippen molar-refractivity contribution in [1.82, 2.24) is 10.6 Å². The van der Waals surface area contributed by atoms with Crippen LogP contribution in [0.1, 0.15) is 35.3 Å². The van der Waals surface area contributed by atoms with Gasteiger partial charge in [-0.3, -0.25) is 20.2 Å².